The third kappa shape index (κ3) is 2.85. The molecule has 0 saturated carbocycles. The average molecular weight is 330 g/mol. The molecule has 2 atom stereocenters. The molecular formula is C18H19FN2O3. The first-order valence-corrected chi connectivity index (χ1v) is 7.78. The summed E-state index contributed by atoms with van der Waals surface area (Å²) in [6, 6.07) is 6.42. The molecule has 0 unspecified atom stereocenters. The second-order valence-electron chi connectivity index (χ2n) is 6.21. The second kappa shape index (κ2) is 6.20. The van der Waals surface area contributed by atoms with Gasteiger partial charge in [-0.3, -0.25) is 4.79 Å². The van der Waals surface area contributed by atoms with E-state index in [1.165, 1.54) is 12.1 Å². The maximum atomic E-state index is 14.5. The molecular weight excluding hydrogens is 311 g/mol. The van der Waals surface area contributed by atoms with Gasteiger partial charge in [-0.15, -0.1) is 0 Å². The van der Waals surface area contributed by atoms with Gasteiger partial charge >= 0.3 is 0 Å². The number of ether oxygens (including phenoxy) is 1. The standard InChI is InChI=1S/C18H19FN2O3/c1-9-3-4-11(14(19)5-9)12-7-15(17(20)23)21-18-13(12)6-10(2)16(8-22)24-18/h3-5,7,10,16,22H,6,8H2,1-2H3,(H2,20,23)/t10-,16-/m0/s1. The minimum atomic E-state index is -0.714. The number of pyridine rings is 1. The SMILES string of the molecule is Cc1ccc(-c2cc(C(N)=O)nc3c2C[C@H](C)[C@H](CO)O3)c(F)c1. The van der Waals surface area contributed by atoms with Crippen molar-refractivity contribution in [2.75, 3.05) is 6.61 Å². The van der Waals surface area contributed by atoms with Crippen molar-refractivity contribution >= 4 is 5.91 Å². The molecule has 0 fully saturated rings. The van der Waals surface area contributed by atoms with E-state index in [0.29, 0.717) is 17.5 Å². The second-order valence-corrected chi connectivity index (χ2v) is 6.21. The fourth-order valence-electron chi connectivity index (χ4n) is 2.98. The molecule has 0 aliphatic carbocycles. The fraction of sp³-hybridized carbons (Fsp3) is 0.333. The maximum Gasteiger partial charge on any atom is 0.267 e. The van der Waals surface area contributed by atoms with E-state index in [2.05, 4.69) is 4.98 Å². The zero-order chi connectivity index (χ0) is 17.4. The van der Waals surface area contributed by atoms with Gasteiger partial charge in [0.2, 0.25) is 5.88 Å². The lowest BCUT2D eigenvalue weighted by Crippen LogP contribution is -2.35. The molecule has 6 heteroatoms. The summed E-state index contributed by atoms with van der Waals surface area (Å²) < 4.78 is 20.2. The molecule has 24 heavy (non-hydrogen) atoms. The molecule has 1 aliphatic heterocycles. The van der Waals surface area contributed by atoms with Crippen molar-refractivity contribution in [3.05, 3.63) is 46.9 Å². The molecule has 1 amide bonds. The van der Waals surface area contributed by atoms with E-state index < -0.39 is 12.0 Å². The van der Waals surface area contributed by atoms with Crippen LogP contribution in [0.5, 0.6) is 5.88 Å². The van der Waals surface area contributed by atoms with Gasteiger partial charge in [0.1, 0.15) is 17.6 Å². The summed E-state index contributed by atoms with van der Waals surface area (Å²) in [6.07, 6.45) is 0.152. The molecule has 1 aliphatic rings. The number of benzene rings is 1. The number of nitrogens with zero attached hydrogens (tertiary/aromatic N) is 1. The van der Waals surface area contributed by atoms with Crippen molar-refractivity contribution in [2.24, 2.45) is 11.7 Å². The van der Waals surface area contributed by atoms with Gasteiger partial charge in [0.15, 0.2) is 0 Å². The molecule has 0 radical (unpaired) electrons. The van der Waals surface area contributed by atoms with Crippen molar-refractivity contribution in [2.45, 2.75) is 26.4 Å². The smallest absolute Gasteiger partial charge is 0.267 e. The Hall–Kier alpha value is -2.47. The molecule has 2 aromatic rings. The van der Waals surface area contributed by atoms with E-state index in [0.717, 1.165) is 11.1 Å². The Kier molecular flexibility index (Phi) is 4.24. The van der Waals surface area contributed by atoms with Crippen LogP contribution in [0.25, 0.3) is 11.1 Å². The number of carbonyl (C=O) groups is 1. The van der Waals surface area contributed by atoms with Crippen LogP contribution >= 0.6 is 0 Å². The first-order valence-electron chi connectivity index (χ1n) is 7.78. The number of rotatable bonds is 3. The lowest BCUT2D eigenvalue weighted by atomic mass is 9.88. The minimum Gasteiger partial charge on any atom is -0.471 e. The van der Waals surface area contributed by atoms with Crippen molar-refractivity contribution in [1.29, 1.82) is 0 Å². The van der Waals surface area contributed by atoms with E-state index in [1.807, 2.05) is 6.92 Å². The van der Waals surface area contributed by atoms with Gasteiger partial charge < -0.3 is 15.6 Å². The highest BCUT2D eigenvalue weighted by atomic mass is 19.1. The summed E-state index contributed by atoms with van der Waals surface area (Å²) >= 11 is 0. The number of hydrogen-bond donors (Lipinski definition) is 2. The highest BCUT2D eigenvalue weighted by Gasteiger charge is 2.31. The van der Waals surface area contributed by atoms with Crippen LogP contribution in [0.3, 0.4) is 0 Å². The first kappa shape index (κ1) is 16.4. The number of primary amides is 1. The molecule has 2 heterocycles. The van der Waals surface area contributed by atoms with Crippen molar-refractivity contribution in [3.63, 3.8) is 0 Å². The molecule has 0 bridgehead atoms. The average Bonchev–Trinajstić information content (AvgIpc) is 2.53. The van der Waals surface area contributed by atoms with Crippen LogP contribution in [-0.2, 0) is 6.42 Å². The van der Waals surface area contributed by atoms with E-state index in [4.69, 9.17) is 10.5 Å². The number of aliphatic hydroxyl groups is 1. The Morgan fingerprint density at radius 1 is 1.42 bits per heavy atom. The van der Waals surface area contributed by atoms with Gasteiger partial charge in [0, 0.05) is 11.1 Å². The van der Waals surface area contributed by atoms with Crippen LogP contribution in [0.4, 0.5) is 4.39 Å². The Morgan fingerprint density at radius 2 is 2.17 bits per heavy atom. The molecule has 0 spiro atoms. The summed E-state index contributed by atoms with van der Waals surface area (Å²) in [4.78, 5) is 15.7. The third-order valence-corrected chi connectivity index (χ3v) is 4.36. The highest BCUT2D eigenvalue weighted by molar-refractivity contribution is 5.93. The Balaban J connectivity index is 2.21. The monoisotopic (exact) mass is 330 g/mol. The fourth-order valence-corrected chi connectivity index (χ4v) is 2.98. The number of halogens is 1. The summed E-state index contributed by atoms with van der Waals surface area (Å²) in [6.45, 7) is 3.60. The van der Waals surface area contributed by atoms with E-state index in [1.54, 1.807) is 19.1 Å². The number of aliphatic hydroxyl groups excluding tert-OH is 1. The van der Waals surface area contributed by atoms with E-state index in [9.17, 15) is 14.3 Å². The Labute approximate surface area is 139 Å². The van der Waals surface area contributed by atoms with Crippen LogP contribution in [0.15, 0.2) is 24.3 Å². The number of nitrogens with two attached hydrogens (primary N) is 1. The summed E-state index contributed by atoms with van der Waals surface area (Å²) in [5, 5.41) is 9.42. The summed E-state index contributed by atoms with van der Waals surface area (Å²) in [5.41, 5.74) is 7.81. The van der Waals surface area contributed by atoms with Crippen LogP contribution < -0.4 is 10.5 Å². The van der Waals surface area contributed by atoms with E-state index >= 15 is 0 Å². The number of amides is 1. The topological polar surface area (TPSA) is 85.4 Å². The molecule has 3 rings (SSSR count). The summed E-state index contributed by atoms with van der Waals surface area (Å²) in [7, 11) is 0. The van der Waals surface area contributed by atoms with Crippen molar-refractivity contribution in [3.8, 4) is 17.0 Å². The number of hydrogen-bond acceptors (Lipinski definition) is 4. The van der Waals surface area contributed by atoms with Crippen molar-refractivity contribution < 1.29 is 19.0 Å². The number of carbonyl (C=O) groups excluding carboxylic acids is 1. The largest absolute Gasteiger partial charge is 0.471 e. The lowest BCUT2D eigenvalue weighted by molar-refractivity contribution is 0.0561. The van der Waals surface area contributed by atoms with Gasteiger partial charge in [0.05, 0.1) is 6.61 Å². The zero-order valence-electron chi connectivity index (χ0n) is 13.5. The molecule has 0 saturated heterocycles. The molecule has 1 aromatic heterocycles. The van der Waals surface area contributed by atoms with Crippen LogP contribution in [0, 0.1) is 18.7 Å². The molecule has 3 N–H and O–H groups in total. The van der Waals surface area contributed by atoms with Crippen LogP contribution in [0.1, 0.15) is 28.5 Å². The maximum absolute atomic E-state index is 14.5. The van der Waals surface area contributed by atoms with Gasteiger partial charge in [-0.25, -0.2) is 9.37 Å². The predicted molar refractivity (Wildman–Crippen MR) is 87.3 cm³/mol. The molecule has 126 valence electrons. The van der Waals surface area contributed by atoms with Crippen LogP contribution in [0.2, 0.25) is 0 Å². The van der Waals surface area contributed by atoms with Gasteiger partial charge in [0.25, 0.3) is 5.91 Å². The predicted octanol–water partition coefficient (Wildman–Crippen LogP) is 2.23. The quantitative estimate of drug-likeness (QED) is 0.904. The third-order valence-electron chi connectivity index (χ3n) is 4.36. The molecule has 5 nitrogen and oxygen atoms in total. The number of aryl methyl sites for hydroxylation is 1. The normalized spacial score (nSPS) is 19.5. The van der Waals surface area contributed by atoms with Crippen LogP contribution in [-0.4, -0.2) is 28.7 Å². The number of aromatic nitrogens is 1. The number of fused-ring (bicyclic) bond motifs is 1. The van der Waals surface area contributed by atoms with E-state index in [-0.39, 0.29) is 29.9 Å². The Bertz CT molecular complexity index is 807. The minimum absolute atomic E-state index is 0.00923. The summed E-state index contributed by atoms with van der Waals surface area (Å²) in [5.74, 6) is -0.820. The van der Waals surface area contributed by atoms with Crippen molar-refractivity contribution in [1.82, 2.24) is 4.98 Å². The first-order chi connectivity index (χ1) is 11.4. The van der Waals surface area contributed by atoms with Gasteiger partial charge in [-0.1, -0.05) is 19.1 Å². The zero-order valence-corrected chi connectivity index (χ0v) is 13.5. The highest BCUT2D eigenvalue weighted by Crippen LogP contribution is 2.38. The van der Waals surface area contributed by atoms with Gasteiger partial charge in [-0.2, -0.15) is 0 Å². The molecule has 1 aromatic carbocycles. The van der Waals surface area contributed by atoms with Gasteiger partial charge in [-0.05, 0) is 42.5 Å². The lowest BCUT2D eigenvalue weighted by Gasteiger charge is -2.31. The Morgan fingerprint density at radius 3 is 2.79 bits per heavy atom.